The second-order valence-electron chi connectivity index (χ2n) is 28.4. The highest BCUT2D eigenvalue weighted by Gasteiger charge is 2.48. The predicted octanol–water partition coefficient (Wildman–Crippen LogP) is 23.4. The Morgan fingerprint density at radius 3 is 0.896 bits per heavy atom. The number of hydrogen-bond acceptors (Lipinski definition) is 4. The van der Waals surface area contributed by atoms with Crippen LogP contribution in [-0.4, -0.2) is 16.1 Å². The van der Waals surface area contributed by atoms with Gasteiger partial charge in [-0.3, -0.25) is 0 Å². The fraction of sp³-hybridized carbons (Fsp3) is 0.0889. The van der Waals surface area contributed by atoms with Crippen LogP contribution in [0.5, 0.6) is 0 Å². The lowest BCUT2D eigenvalue weighted by Gasteiger charge is -2.35. The van der Waals surface area contributed by atoms with Crippen LogP contribution in [0, 0.1) is 0 Å². The van der Waals surface area contributed by atoms with E-state index in [1.807, 2.05) is 0 Å². The van der Waals surface area contributed by atoms with Crippen molar-refractivity contribution in [3.63, 3.8) is 0 Å². The Labute approximate surface area is 562 Å². The zero-order valence-electron chi connectivity index (χ0n) is 54.7. The van der Waals surface area contributed by atoms with E-state index in [1.165, 1.54) is 77.1 Å². The summed E-state index contributed by atoms with van der Waals surface area (Å²) in [7, 11) is -3.20. The van der Waals surface area contributed by atoms with Crippen LogP contribution in [0.2, 0.25) is 39.3 Å². The normalized spacial score (nSPS) is 13.7. The Morgan fingerprint density at radius 2 is 0.542 bits per heavy atom. The molecule has 18 rings (SSSR count). The van der Waals surface area contributed by atoms with Crippen molar-refractivity contribution in [2.75, 3.05) is 9.80 Å². The molecule has 2 aliphatic rings. The first-order valence-electron chi connectivity index (χ1n) is 33.6. The third-order valence-corrected chi connectivity index (χ3v) is 25.0. The maximum absolute atomic E-state index is 7.04. The highest BCUT2D eigenvalue weighted by molar-refractivity contribution is 6.89. The van der Waals surface area contributed by atoms with Crippen LogP contribution < -0.4 is 20.2 Å². The molecule has 96 heavy (non-hydrogen) atoms. The van der Waals surface area contributed by atoms with E-state index in [0.29, 0.717) is 0 Å². The third-order valence-electron chi connectivity index (χ3n) is 20.9. The van der Waals surface area contributed by atoms with Gasteiger partial charge in [0.15, 0.2) is 0 Å². The van der Waals surface area contributed by atoms with Crippen LogP contribution in [-0.2, 0) is 10.8 Å². The molecule has 0 spiro atoms. The quantitative estimate of drug-likeness (QED) is 0.114. The molecule has 0 atom stereocenters. The van der Waals surface area contributed by atoms with Crippen LogP contribution >= 0.6 is 0 Å². The van der Waals surface area contributed by atoms with E-state index in [4.69, 9.17) is 8.83 Å². The number of fused-ring (bicyclic) bond motifs is 13. The second kappa shape index (κ2) is 21.8. The molecule has 0 bridgehead atoms. The van der Waals surface area contributed by atoms with Gasteiger partial charge in [-0.2, -0.15) is 0 Å². The molecule has 0 saturated carbocycles. The Hall–Kier alpha value is -11.0. The monoisotopic (exact) mass is 1270 g/mol. The van der Waals surface area contributed by atoms with E-state index < -0.39 is 27.0 Å². The first-order chi connectivity index (χ1) is 46.8. The maximum Gasteiger partial charge on any atom is 0.137 e. The minimum Gasteiger partial charge on any atom is -0.456 e. The molecule has 16 aromatic rings. The number of nitrogens with zero attached hydrogens (tertiary/aromatic N) is 2. The first kappa shape index (κ1) is 57.6. The summed E-state index contributed by atoms with van der Waals surface area (Å²) in [5, 5.41) is 9.28. The van der Waals surface area contributed by atoms with Crippen LogP contribution in [0.3, 0.4) is 0 Å². The molecule has 6 heteroatoms. The van der Waals surface area contributed by atoms with Crippen molar-refractivity contribution in [1.29, 1.82) is 0 Å². The van der Waals surface area contributed by atoms with Gasteiger partial charge in [0, 0.05) is 67.8 Å². The third kappa shape index (κ3) is 8.85. The SMILES string of the molecule is C[Si](C)(C)c1ccc(N(c2cccc(C3(c4ccccc4)c4ccccc4-c4ccccc43)c2)c2ccc3c(c2)oc2cc4cc5c(cc4cc23)oc2cc(N(c3ccc([Si](C)(C)C)cc3)c3cccc(C4(c6ccccc6)c6ccccc6-c6ccccc64)c3)ccc25)cc1. The highest BCUT2D eigenvalue weighted by Crippen LogP contribution is 2.59. The molecule has 0 unspecified atom stereocenters. The van der Waals surface area contributed by atoms with Crippen molar-refractivity contribution < 1.29 is 8.83 Å². The number of furan rings is 2. The Balaban J connectivity index is 0.744. The van der Waals surface area contributed by atoms with E-state index in [-0.39, 0.29) is 0 Å². The summed E-state index contributed by atoms with van der Waals surface area (Å²) < 4.78 is 14.1. The number of hydrogen-bond donors (Lipinski definition) is 0. The number of anilines is 6. The van der Waals surface area contributed by atoms with Gasteiger partial charge in [-0.25, -0.2) is 0 Å². The van der Waals surface area contributed by atoms with Gasteiger partial charge in [0.25, 0.3) is 0 Å². The number of rotatable bonds is 12. The minimum atomic E-state index is -1.60. The van der Waals surface area contributed by atoms with Gasteiger partial charge in [0.1, 0.15) is 22.3 Å². The van der Waals surface area contributed by atoms with Gasteiger partial charge >= 0.3 is 0 Å². The summed E-state index contributed by atoms with van der Waals surface area (Å²) in [5.74, 6) is 0. The maximum atomic E-state index is 7.04. The molecule has 0 amide bonds. The smallest absolute Gasteiger partial charge is 0.137 e. The zero-order valence-corrected chi connectivity index (χ0v) is 56.7. The summed E-state index contributed by atoms with van der Waals surface area (Å²) in [6.07, 6.45) is 0. The topological polar surface area (TPSA) is 32.8 Å². The minimum absolute atomic E-state index is 0.542. The van der Waals surface area contributed by atoms with Crippen molar-refractivity contribution in [3.8, 4) is 22.3 Å². The van der Waals surface area contributed by atoms with Crippen molar-refractivity contribution in [2.45, 2.75) is 50.1 Å². The second-order valence-corrected chi connectivity index (χ2v) is 38.5. The summed E-state index contributed by atoms with van der Waals surface area (Å²) in [6, 6.07) is 118. The average molecular weight is 1270 g/mol. The Kier molecular flexibility index (Phi) is 13.1. The molecule has 0 fully saturated rings. The lowest BCUT2D eigenvalue weighted by atomic mass is 9.67. The molecule has 2 aromatic heterocycles. The largest absolute Gasteiger partial charge is 0.456 e. The summed E-state index contributed by atoms with van der Waals surface area (Å²) >= 11 is 0. The van der Waals surface area contributed by atoms with Crippen molar-refractivity contribution in [1.82, 2.24) is 0 Å². The molecule has 0 N–H and O–H groups in total. The van der Waals surface area contributed by atoms with E-state index in [1.54, 1.807) is 0 Å². The van der Waals surface area contributed by atoms with Crippen molar-refractivity contribution >= 4 is 115 Å². The van der Waals surface area contributed by atoms with E-state index in [2.05, 4.69) is 365 Å². The van der Waals surface area contributed by atoms with Crippen LogP contribution in [0.4, 0.5) is 34.1 Å². The molecule has 0 radical (unpaired) electrons. The van der Waals surface area contributed by atoms with Gasteiger partial charge in [-0.1, -0.05) is 256 Å². The lowest BCUT2D eigenvalue weighted by Crippen LogP contribution is -2.37. The molecular weight excluding hydrogens is 1200 g/mol. The van der Waals surface area contributed by atoms with Gasteiger partial charge in [0.05, 0.1) is 27.0 Å². The fourth-order valence-corrected chi connectivity index (χ4v) is 18.7. The summed E-state index contributed by atoms with van der Waals surface area (Å²) in [4.78, 5) is 4.82. The standard InChI is InChI=1S/C90H70N2O2Si2/c1-95(2,3)71-45-39-65(40-46-71)91(67-29-21-27-63(55-67)89(61-23-9-7-10-24-61)81-35-17-13-31-73(81)74-32-14-18-36-82(74)89)69-43-49-77-79-51-59-54-86-80(52-60(59)53-85(79)93-87(77)57-69)78-50-44-70(58-88(78)94-86)92(66-41-47-72(48-42-66)96(4,5)6)68-30-22-28-64(56-68)90(62-25-11-8-12-26-62)83-37-19-15-33-75(83)76-34-16-20-38-84(76)90/h7-58H,1-6H3. The number of benzene rings is 14. The highest BCUT2D eigenvalue weighted by atomic mass is 28.3. The van der Waals surface area contributed by atoms with Gasteiger partial charge in [-0.05, 0) is 175 Å². The average Bonchev–Trinajstić information content (AvgIpc) is 1.52. The fourth-order valence-electron chi connectivity index (χ4n) is 16.3. The molecular formula is C90H70N2O2Si2. The van der Waals surface area contributed by atoms with Crippen LogP contribution in [0.1, 0.15) is 44.5 Å². The van der Waals surface area contributed by atoms with Gasteiger partial charge in [0.2, 0.25) is 0 Å². The van der Waals surface area contributed by atoms with E-state index in [0.717, 1.165) is 88.8 Å². The molecule has 460 valence electrons. The molecule has 2 heterocycles. The van der Waals surface area contributed by atoms with Crippen molar-refractivity contribution in [3.05, 3.63) is 360 Å². The predicted molar refractivity (Wildman–Crippen MR) is 408 cm³/mol. The van der Waals surface area contributed by atoms with Crippen LogP contribution in [0.25, 0.3) is 76.9 Å². The Morgan fingerprint density at radius 1 is 0.240 bits per heavy atom. The lowest BCUT2D eigenvalue weighted by molar-refractivity contribution is 0.668. The summed E-state index contributed by atoms with van der Waals surface area (Å²) in [6.45, 7) is 14.5. The van der Waals surface area contributed by atoms with Crippen molar-refractivity contribution in [2.24, 2.45) is 0 Å². The molecule has 4 nitrogen and oxygen atoms in total. The zero-order chi connectivity index (χ0) is 64.7. The summed E-state index contributed by atoms with van der Waals surface area (Å²) in [5.41, 5.74) is 23.8. The molecule has 2 aliphatic carbocycles. The molecule has 0 aliphatic heterocycles. The Bertz CT molecular complexity index is 5310. The molecule has 14 aromatic carbocycles. The van der Waals surface area contributed by atoms with E-state index in [9.17, 15) is 0 Å². The first-order valence-corrected chi connectivity index (χ1v) is 40.6. The van der Waals surface area contributed by atoms with Gasteiger partial charge in [-0.15, -0.1) is 0 Å². The van der Waals surface area contributed by atoms with Crippen LogP contribution in [0.15, 0.2) is 324 Å². The molecule has 0 saturated heterocycles. The van der Waals surface area contributed by atoms with E-state index >= 15 is 0 Å². The van der Waals surface area contributed by atoms with Gasteiger partial charge < -0.3 is 18.6 Å².